The summed E-state index contributed by atoms with van der Waals surface area (Å²) in [7, 11) is 0. The molecule has 0 spiro atoms. The van der Waals surface area contributed by atoms with Crippen LogP contribution in [0.2, 0.25) is 0 Å². The van der Waals surface area contributed by atoms with E-state index in [-0.39, 0.29) is 0 Å². The van der Waals surface area contributed by atoms with Crippen LogP contribution in [0.25, 0.3) is 10.8 Å². The molecular formula is C25H30N8O2. The van der Waals surface area contributed by atoms with Crippen LogP contribution in [0, 0.1) is 0 Å². The third-order valence-corrected chi connectivity index (χ3v) is 4.96. The number of benzene rings is 2. The first kappa shape index (κ1) is 24.3. The van der Waals surface area contributed by atoms with Gasteiger partial charge in [0.1, 0.15) is 0 Å². The van der Waals surface area contributed by atoms with E-state index in [1.54, 1.807) is 6.20 Å². The van der Waals surface area contributed by atoms with Crippen LogP contribution >= 0.6 is 0 Å². The quantitative estimate of drug-likeness (QED) is 0.202. The highest BCUT2D eigenvalue weighted by atomic mass is 16.5. The highest BCUT2D eigenvalue weighted by Gasteiger charge is 2.08. The molecule has 0 aliphatic heterocycles. The lowest BCUT2D eigenvalue weighted by molar-refractivity contribution is 0.0547. The Morgan fingerprint density at radius 1 is 0.714 bits per heavy atom. The second-order valence-corrected chi connectivity index (χ2v) is 7.61. The minimum atomic E-state index is 0.428. The predicted octanol–water partition coefficient (Wildman–Crippen LogP) is 3.18. The van der Waals surface area contributed by atoms with E-state index in [2.05, 4.69) is 60.2 Å². The molecule has 0 unspecified atom stereocenters. The Morgan fingerprint density at radius 2 is 1.46 bits per heavy atom. The second-order valence-electron chi connectivity index (χ2n) is 7.61. The predicted molar refractivity (Wildman–Crippen MR) is 138 cm³/mol. The van der Waals surface area contributed by atoms with Crippen molar-refractivity contribution in [1.29, 1.82) is 0 Å². The lowest BCUT2D eigenvalue weighted by atomic mass is 10.1. The van der Waals surface area contributed by atoms with E-state index >= 15 is 0 Å². The number of nitrogens with two attached hydrogens (primary N) is 1. The maximum Gasteiger partial charge on any atom is 0.233 e. The number of rotatable bonds is 14. The van der Waals surface area contributed by atoms with Crippen LogP contribution in [-0.4, -0.2) is 59.5 Å². The van der Waals surface area contributed by atoms with E-state index in [1.807, 2.05) is 36.4 Å². The number of hydrogen-bond acceptors (Lipinski definition) is 10. The lowest BCUT2D eigenvalue weighted by Crippen LogP contribution is -2.17. The Bertz CT molecular complexity index is 1190. The fraction of sp³-hybridized carbons (Fsp3) is 0.280. The number of ether oxygens (including phenoxy) is 2. The Labute approximate surface area is 204 Å². The molecule has 0 atom stereocenters. The summed E-state index contributed by atoms with van der Waals surface area (Å²) in [5.41, 5.74) is 7.17. The minimum Gasteiger partial charge on any atom is -0.378 e. The summed E-state index contributed by atoms with van der Waals surface area (Å²) in [4.78, 5) is 17.9. The standard InChI is InChI=1S/C25H30N8O2/c26-10-13-34-15-16-35-14-12-28-23-31-24(29-18-22-7-3-4-11-27-22)33-25(32-23)30-21-9-8-19-5-1-2-6-20(19)17-21/h1-9,11,17H,10,12-16,18,26H2,(H3,28,29,30,31,32,33). The summed E-state index contributed by atoms with van der Waals surface area (Å²) >= 11 is 0. The topological polar surface area (TPSA) is 132 Å². The summed E-state index contributed by atoms with van der Waals surface area (Å²) in [6.45, 7) is 3.58. The van der Waals surface area contributed by atoms with Gasteiger partial charge >= 0.3 is 0 Å². The van der Waals surface area contributed by atoms with Crippen LogP contribution in [0.4, 0.5) is 23.5 Å². The van der Waals surface area contributed by atoms with Gasteiger partial charge in [-0.25, -0.2) is 0 Å². The summed E-state index contributed by atoms with van der Waals surface area (Å²) in [5.74, 6) is 1.31. The SMILES string of the molecule is NCCOCCOCCNc1nc(NCc2ccccn2)nc(Nc2ccc3ccccc3c2)n1. The molecule has 0 saturated carbocycles. The van der Waals surface area contributed by atoms with Crippen LogP contribution in [0.3, 0.4) is 0 Å². The summed E-state index contributed by atoms with van der Waals surface area (Å²) in [6, 6.07) is 20.1. The van der Waals surface area contributed by atoms with E-state index in [1.165, 1.54) is 5.39 Å². The maximum absolute atomic E-state index is 5.57. The summed E-state index contributed by atoms with van der Waals surface area (Å²) < 4.78 is 10.9. The van der Waals surface area contributed by atoms with Crippen molar-refractivity contribution >= 4 is 34.3 Å². The molecule has 0 bridgehead atoms. The van der Waals surface area contributed by atoms with Gasteiger partial charge in [-0.05, 0) is 35.0 Å². The first-order chi connectivity index (χ1) is 17.3. The van der Waals surface area contributed by atoms with Gasteiger partial charge in [-0.15, -0.1) is 0 Å². The van der Waals surface area contributed by atoms with Gasteiger partial charge in [0.05, 0.1) is 38.7 Å². The van der Waals surface area contributed by atoms with Crippen molar-refractivity contribution in [1.82, 2.24) is 19.9 Å². The molecule has 0 fully saturated rings. The van der Waals surface area contributed by atoms with Gasteiger partial charge in [-0.1, -0.05) is 36.4 Å². The summed E-state index contributed by atoms with van der Waals surface area (Å²) in [6.07, 6.45) is 1.76. The normalized spacial score (nSPS) is 10.9. The molecule has 4 aromatic rings. The Kier molecular flexibility index (Phi) is 9.11. The smallest absolute Gasteiger partial charge is 0.233 e. The van der Waals surface area contributed by atoms with Crippen LogP contribution in [-0.2, 0) is 16.0 Å². The van der Waals surface area contributed by atoms with Gasteiger partial charge in [0.15, 0.2) is 0 Å². The number of nitrogens with one attached hydrogen (secondary N) is 3. The molecule has 4 rings (SSSR count). The van der Waals surface area contributed by atoms with Crippen LogP contribution < -0.4 is 21.7 Å². The minimum absolute atomic E-state index is 0.428. The highest BCUT2D eigenvalue weighted by molar-refractivity contribution is 5.86. The van der Waals surface area contributed by atoms with Crippen molar-refractivity contribution in [3.63, 3.8) is 0 Å². The molecular weight excluding hydrogens is 444 g/mol. The van der Waals surface area contributed by atoms with E-state index in [0.29, 0.717) is 63.9 Å². The van der Waals surface area contributed by atoms with Crippen molar-refractivity contribution in [2.75, 3.05) is 55.5 Å². The largest absolute Gasteiger partial charge is 0.378 e. The Morgan fingerprint density at radius 3 is 2.26 bits per heavy atom. The average molecular weight is 475 g/mol. The third-order valence-electron chi connectivity index (χ3n) is 4.96. The maximum atomic E-state index is 5.57. The highest BCUT2D eigenvalue weighted by Crippen LogP contribution is 2.22. The monoisotopic (exact) mass is 474 g/mol. The van der Waals surface area contributed by atoms with Crippen molar-refractivity contribution < 1.29 is 9.47 Å². The zero-order valence-corrected chi connectivity index (χ0v) is 19.5. The van der Waals surface area contributed by atoms with Crippen molar-refractivity contribution in [2.45, 2.75) is 6.54 Å². The molecule has 10 heteroatoms. The van der Waals surface area contributed by atoms with E-state index < -0.39 is 0 Å². The fourth-order valence-corrected chi connectivity index (χ4v) is 3.30. The first-order valence-corrected chi connectivity index (χ1v) is 11.6. The Balaban J connectivity index is 1.41. The first-order valence-electron chi connectivity index (χ1n) is 11.6. The average Bonchev–Trinajstić information content (AvgIpc) is 2.89. The fourth-order valence-electron chi connectivity index (χ4n) is 3.30. The zero-order chi connectivity index (χ0) is 24.1. The molecule has 0 amide bonds. The summed E-state index contributed by atoms with van der Waals surface area (Å²) in [5, 5.41) is 12.0. The van der Waals surface area contributed by atoms with Crippen LogP contribution in [0.1, 0.15) is 5.69 Å². The van der Waals surface area contributed by atoms with Gasteiger partial charge < -0.3 is 31.2 Å². The molecule has 10 nitrogen and oxygen atoms in total. The number of aromatic nitrogens is 4. The molecule has 2 aromatic carbocycles. The van der Waals surface area contributed by atoms with Crippen molar-refractivity contribution in [3.8, 4) is 0 Å². The Hall–Kier alpha value is -3.86. The molecule has 5 N–H and O–H groups in total. The van der Waals surface area contributed by atoms with Gasteiger partial charge in [0, 0.05) is 25.0 Å². The van der Waals surface area contributed by atoms with E-state index in [9.17, 15) is 0 Å². The van der Waals surface area contributed by atoms with Gasteiger partial charge in [0.2, 0.25) is 17.8 Å². The van der Waals surface area contributed by atoms with Gasteiger partial charge in [-0.2, -0.15) is 15.0 Å². The van der Waals surface area contributed by atoms with Gasteiger partial charge in [0.25, 0.3) is 0 Å². The molecule has 35 heavy (non-hydrogen) atoms. The zero-order valence-electron chi connectivity index (χ0n) is 19.5. The molecule has 2 aromatic heterocycles. The molecule has 2 heterocycles. The number of fused-ring (bicyclic) bond motifs is 1. The van der Waals surface area contributed by atoms with Gasteiger partial charge in [-0.3, -0.25) is 4.98 Å². The number of anilines is 4. The van der Waals surface area contributed by atoms with E-state index in [0.717, 1.165) is 16.8 Å². The number of pyridine rings is 1. The molecule has 0 aliphatic carbocycles. The van der Waals surface area contributed by atoms with Crippen LogP contribution in [0.15, 0.2) is 66.9 Å². The molecule has 0 radical (unpaired) electrons. The van der Waals surface area contributed by atoms with Crippen molar-refractivity contribution in [2.24, 2.45) is 5.73 Å². The second kappa shape index (κ2) is 13.1. The number of nitrogens with zero attached hydrogens (tertiary/aromatic N) is 4. The third kappa shape index (κ3) is 7.85. The number of hydrogen-bond donors (Lipinski definition) is 4. The molecule has 0 saturated heterocycles. The van der Waals surface area contributed by atoms with Crippen LogP contribution in [0.5, 0.6) is 0 Å². The molecule has 182 valence electrons. The lowest BCUT2D eigenvalue weighted by Gasteiger charge is -2.12. The van der Waals surface area contributed by atoms with E-state index in [4.69, 9.17) is 15.2 Å². The molecule has 0 aliphatic rings. The van der Waals surface area contributed by atoms with Crippen molar-refractivity contribution in [3.05, 3.63) is 72.6 Å².